The zero-order valence-electron chi connectivity index (χ0n) is 18.4. The van der Waals surface area contributed by atoms with Crippen molar-refractivity contribution >= 4 is 30.6 Å². The number of allylic oxidation sites excluding steroid dienone is 1. The van der Waals surface area contributed by atoms with Crippen LogP contribution in [0.5, 0.6) is 0 Å². The number of methoxy groups -OCH3 is 2. The highest BCUT2D eigenvalue weighted by atomic mass is 28.4. The van der Waals surface area contributed by atoms with Crippen LogP contribution in [0.25, 0.3) is 0 Å². The Morgan fingerprint density at radius 1 is 0.968 bits per heavy atom. The molecule has 0 N–H and O–H groups in total. The number of rotatable bonds is 8. The highest BCUT2D eigenvalue weighted by Crippen LogP contribution is 2.47. The molecule has 164 valence electrons. The Morgan fingerprint density at radius 2 is 1.45 bits per heavy atom. The van der Waals surface area contributed by atoms with Gasteiger partial charge in [-0.15, -0.1) is 6.58 Å². The summed E-state index contributed by atoms with van der Waals surface area (Å²) < 4.78 is 17.0. The Balaban J connectivity index is 2.04. The minimum Gasteiger partial charge on any atom is -0.468 e. The number of carbonyl (C=O) groups excluding carboxylic acids is 2. The van der Waals surface area contributed by atoms with E-state index in [0.717, 1.165) is 10.4 Å². The number of benzene rings is 2. The van der Waals surface area contributed by atoms with Gasteiger partial charge < -0.3 is 13.9 Å². The van der Waals surface area contributed by atoms with Gasteiger partial charge in [0, 0.05) is 0 Å². The third-order valence-electron chi connectivity index (χ3n) is 6.34. The summed E-state index contributed by atoms with van der Waals surface area (Å²) in [6.45, 7) is 6.04. The molecule has 0 aromatic heterocycles. The van der Waals surface area contributed by atoms with Gasteiger partial charge in [0.1, 0.15) is 0 Å². The van der Waals surface area contributed by atoms with Gasteiger partial charge in [0.15, 0.2) is 5.41 Å². The van der Waals surface area contributed by atoms with Gasteiger partial charge in [-0.1, -0.05) is 66.7 Å². The quantitative estimate of drug-likeness (QED) is 0.274. The zero-order valence-corrected chi connectivity index (χ0v) is 19.4. The Morgan fingerprint density at radius 3 is 1.87 bits per heavy atom. The van der Waals surface area contributed by atoms with E-state index in [9.17, 15) is 9.59 Å². The van der Waals surface area contributed by atoms with E-state index in [1.807, 2.05) is 42.5 Å². The van der Waals surface area contributed by atoms with Crippen molar-refractivity contribution < 1.29 is 23.5 Å². The van der Waals surface area contributed by atoms with Gasteiger partial charge in [-0.25, -0.2) is 0 Å². The first-order valence-electron chi connectivity index (χ1n) is 10.5. The normalized spacial score (nSPS) is 20.1. The van der Waals surface area contributed by atoms with E-state index in [2.05, 4.69) is 37.4 Å². The van der Waals surface area contributed by atoms with E-state index in [1.165, 1.54) is 14.2 Å². The van der Waals surface area contributed by atoms with E-state index in [1.54, 1.807) is 0 Å². The number of esters is 2. The summed E-state index contributed by atoms with van der Waals surface area (Å²) in [7, 11) is -0.0243. The minimum absolute atomic E-state index is 0.0463. The number of ether oxygens (including phenoxy) is 2. The predicted octanol–water partition coefficient (Wildman–Crippen LogP) is 3.08. The summed E-state index contributed by atoms with van der Waals surface area (Å²) in [6.07, 6.45) is 2.68. The van der Waals surface area contributed by atoms with Crippen LogP contribution in [0.15, 0.2) is 73.3 Å². The maximum absolute atomic E-state index is 12.7. The molecule has 0 heterocycles. The van der Waals surface area contributed by atoms with Crippen molar-refractivity contribution in [2.75, 3.05) is 14.2 Å². The molecule has 1 saturated carbocycles. The number of carbonyl (C=O) groups is 2. The molecule has 1 aliphatic rings. The van der Waals surface area contributed by atoms with Crippen molar-refractivity contribution in [1.82, 2.24) is 0 Å². The Labute approximate surface area is 185 Å². The molecule has 0 bridgehead atoms. The summed E-state index contributed by atoms with van der Waals surface area (Å²) in [6, 6.07) is 20.4. The lowest BCUT2D eigenvalue weighted by molar-refractivity contribution is -0.169. The first-order valence-corrected chi connectivity index (χ1v) is 12.9. The first kappa shape index (κ1) is 23.0. The maximum Gasteiger partial charge on any atom is 0.323 e. The Bertz CT molecular complexity index is 857. The van der Waals surface area contributed by atoms with Crippen LogP contribution in [0.1, 0.15) is 19.3 Å². The molecule has 1 aliphatic carbocycles. The standard InChI is InChI=1S/C25H30O5Si/c1-5-12-19-17-25(23(26)28-2,24(27)29-3)18-22(19)30-31(4,20-13-8-6-9-14-20)21-15-10-7-11-16-21/h5-11,13-16,19,22H,1,12,17-18H2,2-4H3/t19-,22-/m1/s1. The second-order valence-electron chi connectivity index (χ2n) is 8.18. The van der Waals surface area contributed by atoms with Crippen LogP contribution in [0.4, 0.5) is 0 Å². The molecule has 31 heavy (non-hydrogen) atoms. The third-order valence-corrected chi connectivity index (χ3v) is 9.99. The van der Waals surface area contributed by atoms with Gasteiger partial charge >= 0.3 is 11.9 Å². The van der Waals surface area contributed by atoms with Crippen LogP contribution < -0.4 is 10.4 Å². The van der Waals surface area contributed by atoms with Crippen LogP contribution >= 0.6 is 0 Å². The fraction of sp³-hybridized carbons (Fsp3) is 0.360. The van der Waals surface area contributed by atoms with Gasteiger partial charge in [0.25, 0.3) is 8.32 Å². The summed E-state index contributed by atoms with van der Waals surface area (Å²) in [5.41, 5.74) is -1.36. The first-order chi connectivity index (χ1) is 14.9. The molecule has 0 amide bonds. The van der Waals surface area contributed by atoms with Gasteiger partial charge in [0.05, 0.1) is 20.3 Å². The summed E-state index contributed by atoms with van der Waals surface area (Å²) in [5.74, 6) is -1.18. The minimum atomic E-state index is -2.63. The van der Waals surface area contributed by atoms with E-state index < -0.39 is 25.7 Å². The lowest BCUT2D eigenvalue weighted by Gasteiger charge is -2.34. The van der Waals surface area contributed by atoms with E-state index in [0.29, 0.717) is 12.8 Å². The fourth-order valence-corrected chi connectivity index (χ4v) is 7.83. The topological polar surface area (TPSA) is 61.8 Å². The van der Waals surface area contributed by atoms with Crippen LogP contribution in [0, 0.1) is 11.3 Å². The fourth-order valence-electron chi connectivity index (χ4n) is 4.68. The molecule has 0 unspecified atom stereocenters. The van der Waals surface area contributed by atoms with Gasteiger partial charge in [0.2, 0.25) is 0 Å². The summed E-state index contributed by atoms with van der Waals surface area (Å²) in [5, 5.41) is 2.26. The van der Waals surface area contributed by atoms with Crippen molar-refractivity contribution in [3.63, 3.8) is 0 Å². The summed E-state index contributed by atoms with van der Waals surface area (Å²) >= 11 is 0. The number of hydrogen-bond acceptors (Lipinski definition) is 5. The molecule has 6 heteroatoms. The predicted molar refractivity (Wildman–Crippen MR) is 123 cm³/mol. The lowest BCUT2D eigenvalue weighted by atomic mass is 9.85. The molecule has 0 saturated heterocycles. The molecule has 0 radical (unpaired) electrons. The van der Waals surface area contributed by atoms with E-state index in [-0.39, 0.29) is 18.4 Å². The second-order valence-corrected chi connectivity index (χ2v) is 11.6. The van der Waals surface area contributed by atoms with Gasteiger partial charge in [-0.05, 0) is 42.1 Å². The summed E-state index contributed by atoms with van der Waals surface area (Å²) in [4.78, 5) is 25.5. The van der Waals surface area contributed by atoms with Crippen molar-refractivity contribution in [3.8, 4) is 0 Å². The SMILES string of the molecule is C=CC[C@@H]1CC(C(=O)OC)(C(=O)OC)C[C@H]1O[Si](C)(c1ccccc1)c1ccccc1. The molecule has 0 aliphatic heterocycles. The van der Waals surface area contributed by atoms with Crippen LogP contribution in [-0.4, -0.2) is 40.6 Å². The Kier molecular flexibility index (Phi) is 7.13. The highest BCUT2D eigenvalue weighted by molar-refractivity contribution is 6.96. The van der Waals surface area contributed by atoms with Crippen molar-refractivity contribution in [2.24, 2.45) is 11.3 Å². The lowest BCUT2D eigenvalue weighted by Crippen LogP contribution is -2.60. The molecule has 1 fully saturated rings. The monoisotopic (exact) mass is 438 g/mol. The molecule has 2 aromatic carbocycles. The molecule has 3 rings (SSSR count). The van der Waals surface area contributed by atoms with E-state index >= 15 is 0 Å². The van der Waals surface area contributed by atoms with Gasteiger partial charge in [-0.2, -0.15) is 0 Å². The molecule has 2 atom stereocenters. The molecular weight excluding hydrogens is 408 g/mol. The van der Waals surface area contributed by atoms with Crippen molar-refractivity contribution in [3.05, 3.63) is 73.3 Å². The van der Waals surface area contributed by atoms with Crippen LogP contribution in [0.2, 0.25) is 6.55 Å². The number of hydrogen-bond donors (Lipinski definition) is 0. The largest absolute Gasteiger partial charge is 0.468 e. The van der Waals surface area contributed by atoms with Crippen molar-refractivity contribution in [1.29, 1.82) is 0 Å². The van der Waals surface area contributed by atoms with Crippen LogP contribution in [-0.2, 0) is 23.5 Å². The molecule has 2 aromatic rings. The van der Waals surface area contributed by atoms with Gasteiger partial charge in [-0.3, -0.25) is 9.59 Å². The van der Waals surface area contributed by atoms with Crippen LogP contribution in [0.3, 0.4) is 0 Å². The second kappa shape index (κ2) is 9.62. The van der Waals surface area contributed by atoms with Crippen molar-refractivity contribution in [2.45, 2.75) is 31.9 Å². The molecule has 0 spiro atoms. The highest BCUT2D eigenvalue weighted by Gasteiger charge is 2.58. The molecular formula is C25H30O5Si. The molecule has 5 nitrogen and oxygen atoms in total. The maximum atomic E-state index is 12.7. The third kappa shape index (κ3) is 4.36. The Hall–Kier alpha value is -2.70. The smallest absolute Gasteiger partial charge is 0.323 e. The zero-order chi connectivity index (χ0) is 22.5. The average molecular weight is 439 g/mol. The van der Waals surface area contributed by atoms with E-state index in [4.69, 9.17) is 13.9 Å². The average Bonchev–Trinajstić information content (AvgIpc) is 3.18.